The second kappa shape index (κ2) is 10.1. The molecule has 1 aliphatic rings. The summed E-state index contributed by atoms with van der Waals surface area (Å²) in [6.07, 6.45) is 0.859. The largest absolute Gasteiger partial charge is 0.481 e. The van der Waals surface area contributed by atoms with Crippen molar-refractivity contribution in [1.29, 1.82) is 0 Å². The quantitative estimate of drug-likeness (QED) is 0.735. The zero-order chi connectivity index (χ0) is 20.6. The normalized spacial score (nSPS) is 14.5. The van der Waals surface area contributed by atoms with Crippen LogP contribution in [-0.4, -0.2) is 62.7 Å². The maximum absolute atomic E-state index is 11.0. The van der Waals surface area contributed by atoms with Crippen LogP contribution in [0.2, 0.25) is 0 Å². The van der Waals surface area contributed by atoms with Gasteiger partial charge in [0.2, 0.25) is 17.7 Å². The zero-order valence-corrected chi connectivity index (χ0v) is 17.5. The highest BCUT2D eigenvalue weighted by atomic mass is 16.5. The predicted octanol–water partition coefficient (Wildman–Crippen LogP) is 2.10. The number of hydrogen-bond donors (Lipinski definition) is 1. The van der Waals surface area contributed by atoms with Gasteiger partial charge in [-0.3, -0.25) is 9.69 Å². The molecule has 0 unspecified atom stereocenters. The second-order valence-corrected chi connectivity index (χ2v) is 7.22. The molecule has 1 N–H and O–H groups in total. The van der Waals surface area contributed by atoms with Crippen LogP contribution in [0.4, 0.5) is 5.69 Å². The number of pyridine rings is 1. The van der Waals surface area contributed by atoms with Crippen LogP contribution in [0.3, 0.4) is 0 Å². The second-order valence-electron chi connectivity index (χ2n) is 7.22. The van der Waals surface area contributed by atoms with E-state index < -0.39 is 0 Å². The Morgan fingerprint density at radius 2 is 1.59 bits per heavy atom. The number of rotatable bonds is 8. The van der Waals surface area contributed by atoms with Crippen molar-refractivity contribution in [2.75, 3.05) is 51.8 Å². The van der Waals surface area contributed by atoms with Gasteiger partial charge in [0.1, 0.15) is 0 Å². The van der Waals surface area contributed by atoms with E-state index in [0.29, 0.717) is 18.3 Å². The Balaban J connectivity index is 1.50. The van der Waals surface area contributed by atoms with Crippen LogP contribution in [0.15, 0.2) is 36.4 Å². The molecule has 0 aliphatic carbocycles. The Morgan fingerprint density at radius 3 is 2.14 bits per heavy atom. The average molecular weight is 399 g/mol. The maximum atomic E-state index is 11.0. The van der Waals surface area contributed by atoms with E-state index in [1.165, 1.54) is 11.1 Å². The summed E-state index contributed by atoms with van der Waals surface area (Å²) in [5.74, 6) is 1.16. The Morgan fingerprint density at radius 1 is 1.00 bits per heavy atom. The van der Waals surface area contributed by atoms with Gasteiger partial charge in [-0.25, -0.2) is 0 Å². The van der Waals surface area contributed by atoms with Crippen LogP contribution in [-0.2, 0) is 17.8 Å². The van der Waals surface area contributed by atoms with Crippen molar-refractivity contribution in [2.24, 2.45) is 0 Å². The number of piperazine rings is 1. The van der Waals surface area contributed by atoms with Crippen molar-refractivity contribution in [3.63, 3.8) is 0 Å². The number of carbonyl (C=O) groups excluding carboxylic acids is 1. The molecular formula is C22H30N4O3. The Labute approximate surface area is 172 Å². The fraction of sp³-hybridized carbons (Fsp3) is 0.455. The molecule has 0 spiro atoms. The van der Waals surface area contributed by atoms with Gasteiger partial charge in [0.25, 0.3) is 0 Å². The third-order valence-corrected chi connectivity index (χ3v) is 5.14. The molecule has 156 valence electrons. The van der Waals surface area contributed by atoms with Gasteiger partial charge >= 0.3 is 0 Å². The summed E-state index contributed by atoms with van der Waals surface area (Å²) >= 11 is 0. The van der Waals surface area contributed by atoms with Crippen molar-refractivity contribution in [1.82, 2.24) is 15.2 Å². The lowest BCUT2D eigenvalue weighted by Crippen LogP contribution is -2.46. The monoisotopic (exact) mass is 398 g/mol. The number of amides is 1. The number of hydrogen-bond acceptors (Lipinski definition) is 6. The molecule has 1 fully saturated rings. The van der Waals surface area contributed by atoms with Crippen LogP contribution < -0.4 is 19.7 Å². The van der Waals surface area contributed by atoms with E-state index in [-0.39, 0.29) is 5.91 Å². The minimum absolute atomic E-state index is 0.0180. The number of nitrogens with one attached hydrogen (secondary N) is 1. The molecule has 1 aromatic heterocycles. The number of carbonyl (C=O) groups is 1. The van der Waals surface area contributed by atoms with Crippen molar-refractivity contribution < 1.29 is 14.3 Å². The topological polar surface area (TPSA) is 66.9 Å². The summed E-state index contributed by atoms with van der Waals surface area (Å²) in [7, 11) is 3.24. The van der Waals surface area contributed by atoms with E-state index >= 15 is 0 Å². The molecule has 0 bridgehead atoms. The summed E-state index contributed by atoms with van der Waals surface area (Å²) < 4.78 is 10.6. The van der Waals surface area contributed by atoms with Gasteiger partial charge in [-0.2, -0.15) is 4.98 Å². The number of ether oxygens (including phenoxy) is 2. The van der Waals surface area contributed by atoms with Crippen LogP contribution in [0.25, 0.3) is 0 Å². The SMILES string of the molecule is COc1cc(N2CCN(Cc3ccc(CCNC(C)=O)cc3)CC2)cc(OC)n1. The van der Waals surface area contributed by atoms with Gasteiger partial charge in [-0.05, 0) is 17.5 Å². The Kier molecular flexibility index (Phi) is 7.30. The van der Waals surface area contributed by atoms with Gasteiger partial charge in [0, 0.05) is 64.0 Å². The molecule has 2 heterocycles. The van der Waals surface area contributed by atoms with Gasteiger partial charge < -0.3 is 19.7 Å². The zero-order valence-electron chi connectivity index (χ0n) is 17.5. The van der Waals surface area contributed by atoms with Gasteiger partial charge in [-0.15, -0.1) is 0 Å². The first-order valence-corrected chi connectivity index (χ1v) is 9.97. The van der Waals surface area contributed by atoms with E-state index in [0.717, 1.165) is 44.8 Å². The van der Waals surface area contributed by atoms with E-state index in [2.05, 4.69) is 44.4 Å². The Hall–Kier alpha value is -2.80. The molecule has 0 atom stereocenters. The summed E-state index contributed by atoms with van der Waals surface area (Å²) in [5, 5.41) is 2.83. The van der Waals surface area contributed by atoms with Crippen LogP contribution in [0.5, 0.6) is 11.8 Å². The van der Waals surface area contributed by atoms with E-state index in [1.54, 1.807) is 21.1 Å². The highest BCUT2D eigenvalue weighted by Crippen LogP contribution is 2.26. The van der Waals surface area contributed by atoms with Crippen molar-refractivity contribution >= 4 is 11.6 Å². The number of nitrogens with zero attached hydrogens (tertiary/aromatic N) is 3. The van der Waals surface area contributed by atoms with E-state index in [4.69, 9.17) is 9.47 Å². The fourth-order valence-corrected chi connectivity index (χ4v) is 3.48. The Bertz CT molecular complexity index is 780. The minimum Gasteiger partial charge on any atom is -0.481 e. The lowest BCUT2D eigenvalue weighted by Gasteiger charge is -2.36. The highest BCUT2D eigenvalue weighted by molar-refractivity contribution is 5.72. The first-order chi connectivity index (χ1) is 14.1. The van der Waals surface area contributed by atoms with Gasteiger partial charge in [-0.1, -0.05) is 24.3 Å². The molecule has 7 nitrogen and oxygen atoms in total. The summed E-state index contributed by atoms with van der Waals surface area (Å²) in [5.41, 5.74) is 3.64. The summed E-state index contributed by atoms with van der Waals surface area (Å²) in [6, 6.07) is 12.6. The molecule has 2 aromatic rings. The van der Waals surface area contributed by atoms with Crippen LogP contribution in [0, 0.1) is 0 Å². The first-order valence-electron chi connectivity index (χ1n) is 9.97. The fourth-order valence-electron chi connectivity index (χ4n) is 3.48. The lowest BCUT2D eigenvalue weighted by atomic mass is 10.1. The molecule has 1 aliphatic heterocycles. The molecule has 1 saturated heterocycles. The lowest BCUT2D eigenvalue weighted by molar-refractivity contribution is -0.118. The standard InChI is InChI=1S/C22H30N4O3/c1-17(27)23-9-8-18-4-6-19(7-5-18)16-25-10-12-26(13-11-25)20-14-21(28-2)24-22(15-20)29-3/h4-7,14-15H,8-13,16H2,1-3H3,(H,23,27). The van der Waals surface area contributed by atoms with Gasteiger partial charge in [0.05, 0.1) is 14.2 Å². The number of methoxy groups -OCH3 is 2. The first kappa shape index (κ1) is 20.9. The minimum atomic E-state index is 0.0180. The molecule has 1 aromatic carbocycles. The summed E-state index contributed by atoms with van der Waals surface area (Å²) in [4.78, 5) is 20.0. The molecule has 7 heteroatoms. The molecule has 3 rings (SSSR count). The summed E-state index contributed by atoms with van der Waals surface area (Å²) in [6.45, 7) is 7.07. The maximum Gasteiger partial charge on any atom is 0.218 e. The van der Waals surface area contributed by atoms with Crippen molar-refractivity contribution in [3.05, 3.63) is 47.5 Å². The predicted molar refractivity (Wildman–Crippen MR) is 114 cm³/mol. The number of benzene rings is 1. The number of aromatic nitrogens is 1. The average Bonchev–Trinajstić information content (AvgIpc) is 2.75. The van der Waals surface area contributed by atoms with Crippen LogP contribution in [0.1, 0.15) is 18.1 Å². The van der Waals surface area contributed by atoms with Crippen molar-refractivity contribution in [2.45, 2.75) is 19.9 Å². The molecule has 0 saturated carbocycles. The molecule has 0 radical (unpaired) electrons. The van der Waals surface area contributed by atoms with Crippen molar-refractivity contribution in [3.8, 4) is 11.8 Å². The molecule has 1 amide bonds. The molecular weight excluding hydrogens is 368 g/mol. The van der Waals surface area contributed by atoms with E-state index in [1.807, 2.05) is 12.1 Å². The van der Waals surface area contributed by atoms with Gasteiger partial charge in [0.15, 0.2) is 0 Å². The molecule has 29 heavy (non-hydrogen) atoms. The third kappa shape index (κ3) is 6.09. The van der Waals surface area contributed by atoms with Crippen LogP contribution >= 0.6 is 0 Å². The van der Waals surface area contributed by atoms with E-state index in [9.17, 15) is 4.79 Å². The third-order valence-electron chi connectivity index (χ3n) is 5.14. The smallest absolute Gasteiger partial charge is 0.218 e. The highest BCUT2D eigenvalue weighted by Gasteiger charge is 2.19. The number of anilines is 1.